The van der Waals surface area contributed by atoms with Crippen molar-refractivity contribution in [3.63, 3.8) is 0 Å². The van der Waals surface area contributed by atoms with Gasteiger partial charge in [-0.05, 0) is 137 Å². The highest BCUT2D eigenvalue weighted by atomic mass is 19.1. The molecule has 7 aromatic carbocycles. The lowest BCUT2D eigenvalue weighted by molar-refractivity contribution is 0.630. The summed E-state index contributed by atoms with van der Waals surface area (Å²) in [5.74, 6) is -0.207. The van der Waals surface area contributed by atoms with Gasteiger partial charge in [-0.15, -0.1) is 0 Å². The maximum absolute atomic E-state index is 15.1. The van der Waals surface area contributed by atoms with Crippen molar-refractivity contribution in [3.8, 4) is 22.3 Å². The highest BCUT2D eigenvalue weighted by Gasteiger charge is 2.37. The molecule has 9 aromatic rings. The minimum absolute atomic E-state index is 0.162. The summed E-state index contributed by atoms with van der Waals surface area (Å²) in [6.45, 7) is 22.8. The van der Waals surface area contributed by atoms with Crippen LogP contribution in [0.4, 0.5) is 4.39 Å². The monoisotopic (exact) mass is 864 g/mol. The summed E-state index contributed by atoms with van der Waals surface area (Å²) in [6.07, 6.45) is 14.9. The zero-order valence-corrected chi connectivity index (χ0v) is 40.1. The Hall–Kier alpha value is -7.23. The normalized spacial score (nSPS) is 13.0. The molecule has 10 rings (SSSR count). The largest absolute Gasteiger partial charge is 0.344 e. The van der Waals surface area contributed by atoms with E-state index in [0.29, 0.717) is 5.56 Å². The van der Waals surface area contributed by atoms with Crippen LogP contribution < -0.4 is 0 Å². The van der Waals surface area contributed by atoms with Crippen molar-refractivity contribution in [2.45, 2.75) is 60.3 Å². The van der Waals surface area contributed by atoms with E-state index in [1.54, 1.807) is 12.1 Å². The van der Waals surface area contributed by atoms with Gasteiger partial charge >= 0.3 is 0 Å². The van der Waals surface area contributed by atoms with E-state index in [9.17, 15) is 0 Å². The lowest BCUT2D eigenvalue weighted by atomic mass is 9.80. The molecule has 0 atom stereocenters. The summed E-state index contributed by atoms with van der Waals surface area (Å²) in [5.41, 5.74) is 18.9. The number of nitrogens with zero attached hydrogens (tertiary/aromatic N) is 2. The van der Waals surface area contributed by atoms with Gasteiger partial charge in [0.1, 0.15) is 5.82 Å². The van der Waals surface area contributed by atoms with Gasteiger partial charge < -0.3 is 9.13 Å². The Balaban J connectivity index is 0.000000153. The molecule has 2 nitrogen and oxygen atoms in total. The minimum atomic E-state index is -0.207. The van der Waals surface area contributed by atoms with Gasteiger partial charge in [-0.3, -0.25) is 0 Å². The summed E-state index contributed by atoms with van der Waals surface area (Å²) in [6, 6.07) is 44.5. The third-order valence-corrected chi connectivity index (χ3v) is 13.6. The highest BCUT2D eigenvalue weighted by Crippen LogP contribution is 2.53. The van der Waals surface area contributed by atoms with Crippen molar-refractivity contribution in [1.29, 1.82) is 0 Å². The van der Waals surface area contributed by atoms with Gasteiger partial charge in [-0.25, -0.2) is 4.39 Å². The molecule has 330 valence electrons. The number of allylic oxidation sites excluding steroid dienone is 6. The average molecular weight is 865 g/mol. The summed E-state index contributed by atoms with van der Waals surface area (Å²) in [4.78, 5) is 0. The Kier molecular flexibility index (Phi) is 12.8. The molecular formula is C63H61FN2. The third-order valence-electron chi connectivity index (χ3n) is 13.6. The summed E-state index contributed by atoms with van der Waals surface area (Å²) < 4.78 is 19.6. The second-order valence-corrected chi connectivity index (χ2v) is 17.9. The molecule has 2 aromatic heterocycles. The van der Waals surface area contributed by atoms with Crippen molar-refractivity contribution >= 4 is 61.2 Å². The first-order valence-electron chi connectivity index (χ1n) is 23.1. The predicted octanol–water partition coefficient (Wildman–Crippen LogP) is 17.5. The molecule has 0 fully saturated rings. The van der Waals surface area contributed by atoms with E-state index < -0.39 is 0 Å². The number of aryl methyl sites for hydroxylation is 5. The molecule has 0 N–H and O–H groups in total. The first-order valence-corrected chi connectivity index (χ1v) is 23.1. The zero-order chi connectivity index (χ0) is 46.9. The number of hydrogen-bond donors (Lipinski definition) is 0. The Morgan fingerprint density at radius 3 is 2.11 bits per heavy atom. The number of fused-ring (bicyclic) bond motifs is 9. The summed E-state index contributed by atoms with van der Waals surface area (Å²) >= 11 is 0. The maximum atomic E-state index is 15.1. The Morgan fingerprint density at radius 2 is 1.39 bits per heavy atom. The van der Waals surface area contributed by atoms with Gasteiger partial charge in [0, 0.05) is 63.5 Å². The SMILES string of the molecule is C=C/C=C\C(=C/C)c1ccc(F)c(-c2ccc3c(c2)C(C)(C)c2cc(C)c4ccccc4c2-3)c1.C=Cc1c(/C=C\C)n(C)c2cc(CC)ccc12.Cc1cccc2c3ccccc3n(C)c12. The lowest BCUT2D eigenvalue weighted by Crippen LogP contribution is -2.15. The summed E-state index contributed by atoms with van der Waals surface area (Å²) in [7, 11) is 4.25. The molecule has 0 saturated carbocycles. The van der Waals surface area contributed by atoms with Crippen molar-refractivity contribution < 1.29 is 4.39 Å². The van der Waals surface area contributed by atoms with Crippen LogP contribution in [0, 0.1) is 19.7 Å². The number of rotatable bonds is 7. The topological polar surface area (TPSA) is 9.86 Å². The van der Waals surface area contributed by atoms with Crippen LogP contribution in [0.5, 0.6) is 0 Å². The number of hydrogen-bond acceptors (Lipinski definition) is 0. The molecule has 0 bridgehead atoms. The maximum Gasteiger partial charge on any atom is 0.131 e. The molecule has 3 heteroatoms. The molecule has 1 aliphatic rings. The first-order chi connectivity index (χ1) is 31.9. The van der Waals surface area contributed by atoms with E-state index in [1.807, 2.05) is 50.3 Å². The van der Waals surface area contributed by atoms with Crippen molar-refractivity contribution in [1.82, 2.24) is 9.13 Å². The van der Waals surface area contributed by atoms with Gasteiger partial charge in [0.15, 0.2) is 0 Å². The first kappa shape index (κ1) is 45.3. The van der Waals surface area contributed by atoms with Crippen molar-refractivity contribution in [2.24, 2.45) is 14.1 Å². The van der Waals surface area contributed by atoms with E-state index in [-0.39, 0.29) is 11.2 Å². The second-order valence-electron chi connectivity index (χ2n) is 17.9. The van der Waals surface area contributed by atoms with Crippen molar-refractivity contribution in [2.75, 3.05) is 0 Å². The van der Waals surface area contributed by atoms with Gasteiger partial charge in [0.25, 0.3) is 0 Å². The zero-order valence-electron chi connectivity index (χ0n) is 40.1. The smallest absolute Gasteiger partial charge is 0.131 e. The van der Waals surface area contributed by atoms with Crippen LogP contribution in [0.1, 0.15) is 79.3 Å². The number of para-hydroxylation sites is 2. The molecule has 0 saturated heterocycles. The van der Waals surface area contributed by atoms with Crippen LogP contribution in [-0.2, 0) is 25.9 Å². The van der Waals surface area contributed by atoms with Crippen LogP contribution in [0.25, 0.3) is 83.5 Å². The van der Waals surface area contributed by atoms with E-state index in [2.05, 4.69) is 192 Å². The highest BCUT2D eigenvalue weighted by molar-refractivity contribution is 6.09. The summed E-state index contributed by atoms with van der Waals surface area (Å²) in [5, 5.41) is 6.57. The van der Waals surface area contributed by atoms with Crippen LogP contribution in [0.15, 0.2) is 171 Å². The molecule has 0 spiro atoms. The molecule has 1 aliphatic carbocycles. The Bertz CT molecular complexity index is 3430. The number of halogens is 1. The lowest BCUT2D eigenvalue weighted by Gasteiger charge is -2.23. The Morgan fingerprint density at radius 1 is 0.667 bits per heavy atom. The molecule has 0 unspecified atom stereocenters. The molecular weight excluding hydrogens is 804 g/mol. The van der Waals surface area contributed by atoms with Gasteiger partial charge in [-0.1, -0.05) is 167 Å². The molecule has 0 aliphatic heterocycles. The number of aromatic nitrogens is 2. The molecule has 0 amide bonds. The van der Waals surface area contributed by atoms with E-state index in [4.69, 9.17) is 0 Å². The molecule has 0 radical (unpaired) electrons. The average Bonchev–Trinajstić information content (AvgIpc) is 3.87. The number of benzene rings is 7. The minimum Gasteiger partial charge on any atom is -0.344 e. The van der Waals surface area contributed by atoms with E-state index in [1.165, 1.54) is 93.7 Å². The van der Waals surface area contributed by atoms with Gasteiger partial charge in [0.05, 0.1) is 5.52 Å². The van der Waals surface area contributed by atoms with E-state index >= 15 is 4.39 Å². The third kappa shape index (κ3) is 7.98. The Labute approximate surface area is 391 Å². The second kappa shape index (κ2) is 18.7. The van der Waals surface area contributed by atoms with E-state index in [0.717, 1.165) is 23.1 Å². The van der Waals surface area contributed by atoms with Gasteiger partial charge in [0.2, 0.25) is 0 Å². The molecule has 66 heavy (non-hydrogen) atoms. The van der Waals surface area contributed by atoms with Crippen LogP contribution in [-0.4, -0.2) is 9.13 Å². The fourth-order valence-electron chi connectivity index (χ4n) is 10.1. The fourth-order valence-corrected chi connectivity index (χ4v) is 10.1. The van der Waals surface area contributed by atoms with Crippen LogP contribution in [0.2, 0.25) is 0 Å². The van der Waals surface area contributed by atoms with Crippen molar-refractivity contribution in [3.05, 3.63) is 221 Å². The molecule has 2 heterocycles. The fraction of sp³-hybridized carbons (Fsp3) is 0.175. The van der Waals surface area contributed by atoms with Crippen LogP contribution in [0.3, 0.4) is 0 Å². The predicted molar refractivity (Wildman–Crippen MR) is 287 cm³/mol. The standard InChI is InChI=1S/C33H29F.C16H19N.C14H13N/c1-6-8-11-22(7-2)23-15-17-31(34)28(19-23)24-14-16-27-29(20-24)33(4,5)30-18-21(3)25-12-9-10-13-26(25)32(27)30;1-5-8-15-13(7-3)14-10-9-12(6-2)11-16(14)17(15)4;1-10-6-5-8-12-11-7-3-4-9-13(11)15(2)14(10)12/h6-20H,1H2,2-5H3;5,7-11H,3,6H2,1-2,4H3;3-9H,1-2H3/b11-8-,22-7+;8-5-;. The quantitative estimate of drug-likeness (QED) is 0.141. The van der Waals surface area contributed by atoms with Crippen LogP contribution >= 0.6 is 0 Å². The van der Waals surface area contributed by atoms with Gasteiger partial charge in [-0.2, -0.15) is 0 Å².